The molecule has 0 fully saturated rings. The molecule has 1 aromatic rings. The van der Waals surface area contributed by atoms with Crippen molar-refractivity contribution in [2.75, 3.05) is 0 Å². The SMILES string of the molecule is CC(C)(C)C[C]1([Hf]([CH3])([CH3])([CH3])([CH3])([CH3])([CH3])([CH3])[CH]2C=CC=C2)C=Cc2ccccc21. The van der Waals surface area contributed by atoms with E-state index in [0.29, 0.717) is 3.67 Å². The third-order valence-corrected chi connectivity index (χ3v) is 55.3. The van der Waals surface area contributed by atoms with E-state index in [4.69, 9.17) is 0 Å². The molecule has 0 spiro atoms. The van der Waals surface area contributed by atoms with E-state index in [9.17, 15) is 0 Å². The zero-order chi connectivity index (χ0) is 20.8. The molecule has 0 saturated carbocycles. The second-order valence-corrected chi connectivity index (χ2v) is 131. The predicted molar refractivity (Wildman–Crippen MR) is 124 cm³/mol. The van der Waals surface area contributed by atoms with Crippen LogP contribution in [-0.4, -0.2) is 0 Å². The van der Waals surface area contributed by atoms with Crippen molar-refractivity contribution in [1.29, 1.82) is 0 Å². The third kappa shape index (κ3) is 2.42. The summed E-state index contributed by atoms with van der Waals surface area (Å²) in [5.74, 6) is 0. The number of allylic oxidation sites excluding steroid dienone is 5. The summed E-state index contributed by atoms with van der Waals surface area (Å²) in [5, 5.41) is 0. The summed E-state index contributed by atoms with van der Waals surface area (Å²) in [5.41, 5.74) is 3.12. The van der Waals surface area contributed by atoms with Crippen molar-refractivity contribution in [3.8, 4) is 0 Å². The Bertz CT molecular complexity index is 974. The van der Waals surface area contributed by atoms with E-state index in [1.807, 2.05) is 0 Å². The molecule has 0 N–H and O–H groups in total. The van der Waals surface area contributed by atoms with Crippen molar-refractivity contribution >= 4 is 6.08 Å². The van der Waals surface area contributed by atoms with Crippen LogP contribution < -0.4 is 0 Å². The topological polar surface area (TPSA) is 0 Å². The molecule has 2 aliphatic rings. The van der Waals surface area contributed by atoms with Gasteiger partial charge in [0.15, 0.2) is 0 Å². The summed E-state index contributed by atoms with van der Waals surface area (Å²) < 4.78 is 19.3. The van der Waals surface area contributed by atoms with Crippen molar-refractivity contribution in [1.82, 2.24) is 0 Å². The molecule has 3 rings (SSSR count). The van der Waals surface area contributed by atoms with Gasteiger partial charge in [-0.05, 0) is 0 Å². The summed E-state index contributed by atoms with van der Waals surface area (Å²) in [6.45, 7) is 7.21. The zero-order valence-corrected chi connectivity index (χ0v) is 23.2. The van der Waals surface area contributed by atoms with Crippen LogP contribution in [0.15, 0.2) is 54.6 Å². The van der Waals surface area contributed by atoms with E-state index in [0.717, 1.165) is 6.42 Å². The molecule has 0 aliphatic heterocycles. The van der Waals surface area contributed by atoms with Gasteiger partial charge in [-0.1, -0.05) is 0 Å². The van der Waals surface area contributed by atoms with Gasteiger partial charge in [-0.3, -0.25) is 0 Å². The van der Waals surface area contributed by atoms with Gasteiger partial charge < -0.3 is 0 Å². The van der Waals surface area contributed by atoms with Gasteiger partial charge in [0, 0.05) is 0 Å². The van der Waals surface area contributed by atoms with Crippen molar-refractivity contribution in [2.45, 2.75) is 66.8 Å². The Hall–Kier alpha value is -0.690. The fourth-order valence-corrected chi connectivity index (χ4v) is 39.9. The minimum atomic E-state index is -5.59. The van der Waals surface area contributed by atoms with E-state index in [-0.39, 0.29) is 8.59 Å². The van der Waals surface area contributed by atoms with Crippen molar-refractivity contribution in [3.05, 3.63) is 65.8 Å². The number of rotatable bonds is 3. The van der Waals surface area contributed by atoms with Gasteiger partial charge in [-0.15, -0.1) is 0 Å². The van der Waals surface area contributed by atoms with Crippen molar-refractivity contribution < 1.29 is 12.6 Å². The van der Waals surface area contributed by atoms with Crippen LogP contribution in [-0.2, 0) is 15.8 Å². The molecule has 0 amide bonds. The Morgan fingerprint density at radius 1 is 0.852 bits per heavy atom. The first-order valence-corrected chi connectivity index (χ1v) is 39.9. The average molecular weight is 534 g/mol. The van der Waals surface area contributed by atoms with Crippen molar-refractivity contribution in [2.24, 2.45) is 5.41 Å². The first-order chi connectivity index (χ1) is 11.4. The van der Waals surface area contributed by atoms with Crippen LogP contribution in [0.1, 0.15) is 38.3 Å². The monoisotopic (exact) mass is 535 g/mol. The molecule has 1 atom stereocenters. The molecule has 2 aliphatic carbocycles. The van der Waals surface area contributed by atoms with E-state index >= 15 is 0 Å². The number of fused-ring (bicyclic) bond motifs is 1. The molecule has 0 radical (unpaired) electrons. The summed E-state index contributed by atoms with van der Waals surface area (Å²) in [6, 6.07) is 9.13. The molecule has 0 bridgehead atoms. The molecule has 0 heterocycles. The number of benzene rings is 1. The van der Waals surface area contributed by atoms with Gasteiger partial charge in [0.05, 0.1) is 0 Å². The zero-order valence-electron chi connectivity index (χ0n) is 19.6. The Morgan fingerprint density at radius 2 is 1.37 bits per heavy atom. The summed E-state index contributed by atoms with van der Waals surface area (Å²) in [7, 11) is 0. The summed E-state index contributed by atoms with van der Waals surface area (Å²) in [6.07, 6.45) is 15.6. The first-order valence-electron chi connectivity index (χ1n) is 10.9. The molecule has 27 heavy (non-hydrogen) atoms. The van der Waals surface area contributed by atoms with Crippen LogP contribution in [0.5, 0.6) is 0 Å². The minimum absolute atomic E-state index is 0.0555. The van der Waals surface area contributed by atoms with Crippen LogP contribution in [0.2, 0.25) is 36.4 Å². The van der Waals surface area contributed by atoms with Gasteiger partial charge in [0.25, 0.3) is 0 Å². The Kier molecular flexibility index (Phi) is 2.57. The van der Waals surface area contributed by atoms with E-state index < -0.39 is 12.6 Å². The molecule has 0 nitrogen and oxygen atoms in total. The Balaban J connectivity index is 2.66. The van der Waals surface area contributed by atoms with Crippen LogP contribution >= 0.6 is 0 Å². The first kappa shape index (κ1) is 21.0. The standard InChI is InChI=1S/C14H17.C5H5.7CH3.Hf/c1-14(2,3)10-12-9-8-11-6-4-5-7-13(11)12;1-2-4-5-3-1;;;;;;;;/h4-9H,10H2,1-3H3;1-5H;7*1H3;. The molecule has 0 saturated heterocycles. The Labute approximate surface area is 156 Å². The second kappa shape index (κ2) is 3.30. The van der Waals surface area contributed by atoms with Crippen LogP contribution in [0.4, 0.5) is 0 Å². The van der Waals surface area contributed by atoms with Gasteiger partial charge in [-0.2, -0.15) is 0 Å². The number of hydrogen-bond acceptors (Lipinski definition) is 0. The molecule has 151 valence electrons. The van der Waals surface area contributed by atoms with Crippen LogP contribution in [0.25, 0.3) is 6.08 Å². The molecule has 1 heteroatoms. The molecular weight excluding hydrogens is 491 g/mol. The maximum atomic E-state index is 2.71. The average Bonchev–Trinajstić information content (AvgIpc) is 3.05. The molecule has 1 unspecified atom stereocenters. The molecule has 0 aromatic heterocycles. The van der Waals surface area contributed by atoms with Gasteiger partial charge in [-0.25, -0.2) is 0 Å². The Morgan fingerprint density at radius 3 is 1.89 bits per heavy atom. The third-order valence-electron chi connectivity index (χ3n) is 9.43. The van der Waals surface area contributed by atoms with E-state index in [1.54, 1.807) is 0 Å². The quantitative estimate of drug-likeness (QED) is 0.339. The number of hydrogen-bond donors (Lipinski definition) is 0. The normalized spacial score (nSPS) is 30.5. The molecule has 1 aromatic carbocycles. The van der Waals surface area contributed by atoms with Crippen LogP contribution in [0.3, 0.4) is 0 Å². The fraction of sp³-hybridized carbons (Fsp3) is 0.538. The predicted octanol–water partition coefficient (Wildman–Crippen LogP) is 9.43. The van der Waals surface area contributed by atoms with Gasteiger partial charge >= 0.3 is 157 Å². The maximum absolute atomic E-state index is 5.59. The van der Waals surface area contributed by atoms with E-state index in [1.165, 1.54) is 11.1 Å². The van der Waals surface area contributed by atoms with Gasteiger partial charge in [0.2, 0.25) is 0 Å². The molecular formula is C26H43Hf. The summed E-state index contributed by atoms with van der Waals surface area (Å²) in [4.78, 5) is 0. The summed E-state index contributed by atoms with van der Waals surface area (Å²) >= 11 is -5.59. The van der Waals surface area contributed by atoms with Crippen LogP contribution in [0, 0.1) is 5.41 Å². The van der Waals surface area contributed by atoms with Crippen molar-refractivity contribution in [3.63, 3.8) is 0 Å². The van der Waals surface area contributed by atoms with E-state index in [2.05, 4.69) is 114 Å². The second-order valence-electron chi connectivity index (χ2n) is 21.3. The van der Waals surface area contributed by atoms with Gasteiger partial charge in [0.1, 0.15) is 0 Å². The fourth-order valence-electron chi connectivity index (χ4n) is 6.86.